The third-order valence-corrected chi connectivity index (χ3v) is 12.2. The van der Waals surface area contributed by atoms with Gasteiger partial charge in [0.05, 0.1) is 38.8 Å². The number of hydrogen-bond acceptors (Lipinski definition) is 1. The van der Waals surface area contributed by atoms with E-state index in [2.05, 4.69) is 214 Å². The zero-order valence-corrected chi connectivity index (χ0v) is 31.3. The highest BCUT2D eigenvalue weighted by molar-refractivity contribution is 6.33. The number of furan rings is 1. The van der Waals surface area contributed by atoms with E-state index in [1.165, 1.54) is 43.4 Å². The topological polar surface area (TPSA) is 27.9 Å². The lowest BCUT2D eigenvalue weighted by Gasteiger charge is -2.13. The van der Waals surface area contributed by atoms with E-state index in [0.717, 1.165) is 72.2 Å². The zero-order valence-electron chi connectivity index (χ0n) is 31.3. The largest absolute Gasteiger partial charge is 0.454 e. The Labute approximate surface area is 332 Å². The van der Waals surface area contributed by atoms with E-state index in [-0.39, 0.29) is 0 Å². The van der Waals surface area contributed by atoms with Gasteiger partial charge in [0.25, 0.3) is 0 Å². The first-order valence-electron chi connectivity index (χ1n) is 19.9. The molecule has 13 rings (SSSR count). The minimum absolute atomic E-state index is 0.873. The molecule has 0 aliphatic heterocycles. The van der Waals surface area contributed by atoms with E-state index in [0.29, 0.717) is 0 Å². The first-order chi connectivity index (χ1) is 28.8. The molecule has 0 aliphatic carbocycles. The Morgan fingerprint density at radius 1 is 0.310 bits per heavy atom. The minimum Gasteiger partial charge on any atom is -0.454 e. The van der Waals surface area contributed by atoms with Gasteiger partial charge in [0.1, 0.15) is 5.58 Å². The number of benzene rings is 9. The van der Waals surface area contributed by atoms with Crippen LogP contribution in [0.4, 0.5) is 0 Å². The van der Waals surface area contributed by atoms with E-state index < -0.39 is 0 Å². The molecule has 4 aromatic heterocycles. The molecule has 0 aliphatic rings. The first kappa shape index (κ1) is 31.4. The maximum Gasteiger partial charge on any atom is 0.160 e. The molecule has 0 radical (unpaired) electrons. The number of hydrogen-bond donors (Lipinski definition) is 0. The molecule has 0 N–H and O–H groups in total. The molecule has 270 valence electrons. The van der Waals surface area contributed by atoms with Gasteiger partial charge in [-0.25, -0.2) is 0 Å². The molecule has 13 aromatic rings. The zero-order chi connectivity index (χ0) is 37.9. The van der Waals surface area contributed by atoms with Gasteiger partial charge in [-0.1, -0.05) is 140 Å². The maximum atomic E-state index is 7.00. The predicted molar refractivity (Wildman–Crippen MR) is 242 cm³/mol. The van der Waals surface area contributed by atoms with Crippen LogP contribution < -0.4 is 0 Å². The Kier molecular flexibility index (Phi) is 6.41. The Bertz CT molecular complexity index is 3770. The summed E-state index contributed by atoms with van der Waals surface area (Å²) in [5.74, 6) is 0. The first-order valence-corrected chi connectivity index (χ1v) is 19.9. The van der Waals surface area contributed by atoms with Crippen LogP contribution in [0.15, 0.2) is 205 Å². The Hall–Kier alpha value is -7.82. The van der Waals surface area contributed by atoms with Gasteiger partial charge < -0.3 is 18.1 Å². The van der Waals surface area contributed by atoms with Crippen LogP contribution in [0.5, 0.6) is 0 Å². The van der Waals surface area contributed by atoms with E-state index in [1.54, 1.807) is 0 Å². The SMILES string of the molecule is c1ccc(-c2ccc(-n3c4ccccc4c4ccc5c(c6c(ccc7c8ccccc8n(-c8ccccc8)c76)n5-c5ccccc5)c43)c3oc4ccccc4c23)cc1. The molecule has 0 atom stereocenters. The van der Waals surface area contributed by atoms with Crippen molar-refractivity contribution in [1.29, 1.82) is 0 Å². The van der Waals surface area contributed by atoms with Crippen molar-refractivity contribution in [1.82, 2.24) is 13.7 Å². The van der Waals surface area contributed by atoms with Gasteiger partial charge in [-0.2, -0.15) is 0 Å². The van der Waals surface area contributed by atoms with Gasteiger partial charge in [0.2, 0.25) is 0 Å². The van der Waals surface area contributed by atoms with Crippen LogP contribution in [0.1, 0.15) is 0 Å². The number of para-hydroxylation sites is 5. The Morgan fingerprint density at radius 3 is 1.45 bits per heavy atom. The van der Waals surface area contributed by atoms with Crippen molar-refractivity contribution < 1.29 is 4.42 Å². The third kappa shape index (κ3) is 4.18. The lowest BCUT2D eigenvalue weighted by Crippen LogP contribution is -1.97. The predicted octanol–water partition coefficient (Wildman–Crippen LogP) is 14.5. The summed E-state index contributed by atoms with van der Waals surface area (Å²) >= 11 is 0. The van der Waals surface area contributed by atoms with E-state index in [1.807, 2.05) is 0 Å². The summed E-state index contributed by atoms with van der Waals surface area (Å²) in [6, 6.07) is 72.3. The molecule has 0 fully saturated rings. The van der Waals surface area contributed by atoms with Crippen LogP contribution in [0, 0.1) is 0 Å². The second kappa shape index (κ2) is 11.8. The molecule has 4 heteroatoms. The van der Waals surface area contributed by atoms with Crippen molar-refractivity contribution in [2.24, 2.45) is 0 Å². The number of fused-ring (bicyclic) bond motifs is 14. The fraction of sp³-hybridized carbons (Fsp3) is 0. The Balaban J connectivity index is 1.29. The average Bonchev–Trinajstić information content (AvgIpc) is 4.04. The van der Waals surface area contributed by atoms with Gasteiger partial charge in [-0.15, -0.1) is 0 Å². The summed E-state index contributed by atoms with van der Waals surface area (Å²) in [6.07, 6.45) is 0. The van der Waals surface area contributed by atoms with E-state index >= 15 is 0 Å². The number of nitrogens with zero attached hydrogens (tertiary/aromatic N) is 3. The number of rotatable bonds is 4. The summed E-state index contributed by atoms with van der Waals surface area (Å²) in [7, 11) is 0. The standard InChI is InChI=1S/C54H33N3O/c1-4-16-34(17-5-1)37-28-33-47(54-49(37)42-24-12-15-27-48(42)58-54)57-44-26-14-11-23-39(44)41-30-32-46-51(53(41)57)50-45(55(46)35-18-6-2-7-19-35)31-29-40-38-22-10-13-25-43(38)56(52(40)50)36-20-8-3-9-21-36/h1-33H. The normalized spacial score (nSPS) is 12.1. The smallest absolute Gasteiger partial charge is 0.160 e. The van der Waals surface area contributed by atoms with Crippen molar-refractivity contribution in [2.75, 3.05) is 0 Å². The average molecular weight is 740 g/mol. The van der Waals surface area contributed by atoms with Crippen molar-refractivity contribution in [3.63, 3.8) is 0 Å². The molecule has 0 amide bonds. The molecule has 0 saturated heterocycles. The molecular formula is C54H33N3O. The molecule has 9 aromatic carbocycles. The molecule has 58 heavy (non-hydrogen) atoms. The van der Waals surface area contributed by atoms with E-state index in [4.69, 9.17) is 4.42 Å². The second-order valence-electron chi connectivity index (χ2n) is 15.2. The lowest BCUT2D eigenvalue weighted by atomic mass is 9.98. The number of aromatic nitrogens is 3. The quantitative estimate of drug-likeness (QED) is 0.177. The summed E-state index contributed by atoms with van der Waals surface area (Å²) in [6.45, 7) is 0. The molecular weight excluding hydrogens is 707 g/mol. The van der Waals surface area contributed by atoms with Crippen molar-refractivity contribution >= 4 is 87.4 Å². The van der Waals surface area contributed by atoms with Crippen molar-refractivity contribution in [2.45, 2.75) is 0 Å². The summed E-state index contributed by atoms with van der Waals surface area (Å²) in [5.41, 5.74) is 14.3. The molecule has 0 spiro atoms. The van der Waals surface area contributed by atoms with Gasteiger partial charge in [0.15, 0.2) is 5.58 Å². The van der Waals surface area contributed by atoms with Gasteiger partial charge >= 0.3 is 0 Å². The van der Waals surface area contributed by atoms with Crippen LogP contribution in [-0.2, 0) is 0 Å². The lowest BCUT2D eigenvalue weighted by molar-refractivity contribution is 0.666. The van der Waals surface area contributed by atoms with Crippen molar-refractivity contribution in [3.8, 4) is 28.2 Å². The van der Waals surface area contributed by atoms with E-state index in [9.17, 15) is 0 Å². The highest BCUT2D eigenvalue weighted by Crippen LogP contribution is 2.48. The fourth-order valence-electron chi connectivity index (χ4n) is 9.89. The van der Waals surface area contributed by atoms with Crippen molar-refractivity contribution in [3.05, 3.63) is 200 Å². The fourth-order valence-corrected chi connectivity index (χ4v) is 9.89. The minimum atomic E-state index is 0.873. The highest BCUT2D eigenvalue weighted by atomic mass is 16.3. The third-order valence-electron chi connectivity index (χ3n) is 12.2. The van der Waals surface area contributed by atoms with Gasteiger partial charge in [-0.05, 0) is 71.8 Å². The summed E-state index contributed by atoms with van der Waals surface area (Å²) in [5, 5.41) is 9.51. The van der Waals surface area contributed by atoms with Crippen LogP contribution in [0.3, 0.4) is 0 Å². The van der Waals surface area contributed by atoms with Gasteiger partial charge in [0, 0.05) is 54.5 Å². The highest BCUT2D eigenvalue weighted by Gasteiger charge is 2.27. The molecule has 4 heterocycles. The molecule has 0 saturated carbocycles. The maximum absolute atomic E-state index is 7.00. The molecule has 0 bridgehead atoms. The molecule has 0 unspecified atom stereocenters. The second-order valence-corrected chi connectivity index (χ2v) is 15.2. The van der Waals surface area contributed by atoms with Crippen LogP contribution in [0.25, 0.3) is 116 Å². The summed E-state index contributed by atoms with van der Waals surface area (Å²) in [4.78, 5) is 0. The summed E-state index contributed by atoms with van der Waals surface area (Å²) < 4.78 is 14.4. The monoisotopic (exact) mass is 739 g/mol. The Morgan fingerprint density at radius 2 is 0.810 bits per heavy atom. The van der Waals surface area contributed by atoms with Gasteiger partial charge in [-0.3, -0.25) is 0 Å². The van der Waals surface area contributed by atoms with Crippen LogP contribution >= 0.6 is 0 Å². The molecule has 4 nitrogen and oxygen atoms in total. The van der Waals surface area contributed by atoms with Crippen LogP contribution in [0.2, 0.25) is 0 Å². The van der Waals surface area contributed by atoms with Crippen LogP contribution in [-0.4, -0.2) is 13.7 Å².